The summed E-state index contributed by atoms with van der Waals surface area (Å²) in [7, 11) is 0. The summed E-state index contributed by atoms with van der Waals surface area (Å²) in [4.78, 5) is 21.0. The van der Waals surface area contributed by atoms with Gasteiger partial charge in [0.15, 0.2) is 11.6 Å². The number of alkyl halides is 6. The first-order chi connectivity index (χ1) is 63.1. The zero-order valence-electron chi connectivity index (χ0n) is 68.3. The van der Waals surface area contributed by atoms with Gasteiger partial charge in [-0.25, -0.2) is 24.3 Å². The number of nitrogens with zero attached hydrogens (tertiary/aromatic N) is 8. The fourth-order valence-corrected chi connectivity index (χ4v) is 19.9. The maximum absolute atomic E-state index is 14.9. The molecule has 0 spiro atoms. The van der Waals surface area contributed by atoms with Crippen LogP contribution in [0.25, 0.3) is 243 Å². The van der Waals surface area contributed by atoms with Crippen molar-refractivity contribution in [2.75, 3.05) is 0 Å². The maximum Gasteiger partial charge on any atom is 0.416 e. The molecule has 8 nitrogen and oxygen atoms in total. The van der Waals surface area contributed by atoms with Gasteiger partial charge in [-0.3, -0.25) is 0 Å². The molecule has 0 unspecified atom stereocenters. The summed E-state index contributed by atoms with van der Waals surface area (Å²) < 4.78 is 111. The van der Waals surface area contributed by atoms with E-state index in [1.165, 1.54) is 16.8 Å². The van der Waals surface area contributed by atoms with Gasteiger partial charge in [0.2, 0.25) is 0 Å². The van der Waals surface area contributed by atoms with E-state index in [-0.39, 0.29) is 29.0 Å². The summed E-state index contributed by atoms with van der Waals surface area (Å²) in [5.41, 5.74) is 19.3. The standard InChI is InChI=1S/C114H65F7N8/c115-80-47-37-70-57-76(36-35-71(70)60-80)107-93-55-43-67-33-34-72(61-95(67)110(93)125-111(122-107)68-40-50-84(51-41-68)128-97-28-12-9-23-86(97)88-52-44-74(63-103(88)128)73-46-56-100-96(62-73)87-24-10-13-29-98(87)126(100)81-18-3-1-4-19-81)75-45-53-92-104(64-75)129(82-20-5-2-6-21-82)102-32-16-27-90(106(92)102)89-26-15-31-101-105(89)91-25-11-14-30-99(91)127(101)83-48-38-69(39-49-83)112-123-108(94-54-42-66-17-7-8-22-85(66)109(94)124-112)77-58-78(113(116,117)118)65-79(59-77)114(119,120)121/h1-65H. The fraction of sp³-hybridized carbons (Fsp3) is 0.0175. The number of aromatic nitrogens is 8. The Balaban J connectivity index is 0.604. The molecule has 0 aliphatic rings. The number of hydrogen-bond acceptors (Lipinski definition) is 4. The van der Waals surface area contributed by atoms with Crippen LogP contribution in [-0.2, 0) is 12.4 Å². The summed E-state index contributed by atoms with van der Waals surface area (Å²) in [5.74, 6) is 0.366. The fourth-order valence-electron chi connectivity index (χ4n) is 19.9. The van der Waals surface area contributed by atoms with Crippen LogP contribution >= 0.6 is 0 Å². The Morgan fingerprint density at radius 2 is 0.566 bits per heavy atom. The zero-order valence-corrected chi connectivity index (χ0v) is 68.3. The molecular weight excluding hydrogens is 1610 g/mol. The van der Waals surface area contributed by atoms with Crippen LogP contribution in [0.4, 0.5) is 30.7 Å². The number of rotatable bonds is 11. The molecule has 6 heterocycles. The second-order valence-electron chi connectivity index (χ2n) is 33.1. The first kappa shape index (κ1) is 74.9. The van der Waals surface area contributed by atoms with E-state index in [0.29, 0.717) is 27.7 Å². The van der Waals surface area contributed by atoms with Gasteiger partial charge < -0.3 is 18.3 Å². The average Bonchev–Trinajstić information content (AvgIpc) is 1.54. The second kappa shape index (κ2) is 28.7. The van der Waals surface area contributed by atoms with Crippen molar-refractivity contribution in [3.63, 3.8) is 0 Å². The Hall–Kier alpha value is -16.7. The number of para-hydroxylation sites is 5. The molecule has 0 atom stereocenters. The highest BCUT2D eigenvalue weighted by Gasteiger charge is 2.38. The van der Waals surface area contributed by atoms with E-state index in [1.54, 1.807) is 18.2 Å². The molecular formula is C114H65F7N8. The van der Waals surface area contributed by atoms with E-state index in [0.717, 1.165) is 199 Å². The van der Waals surface area contributed by atoms with Gasteiger partial charge in [0, 0.05) is 110 Å². The van der Waals surface area contributed by atoms with Gasteiger partial charge in [-0.15, -0.1) is 0 Å². The lowest BCUT2D eigenvalue weighted by atomic mass is 9.94. The van der Waals surface area contributed by atoms with Crippen molar-refractivity contribution in [1.82, 2.24) is 38.2 Å². The van der Waals surface area contributed by atoms with Crippen LogP contribution < -0.4 is 0 Å². The molecule has 0 fully saturated rings. The highest BCUT2D eigenvalue weighted by atomic mass is 19.4. The molecule has 0 saturated carbocycles. The molecule has 0 aliphatic heterocycles. The first-order valence-electron chi connectivity index (χ1n) is 42.5. The Kier molecular flexibility index (Phi) is 16.7. The van der Waals surface area contributed by atoms with Crippen molar-refractivity contribution >= 4 is 141 Å². The van der Waals surface area contributed by atoms with Crippen molar-refractivity contribution in [3.8, 4) is 101 Å². The minimum atomic E-state index is -5.08. The topological polar surface area (TPSA) is 71.3 Å². The molecule has 25 aromatic rings. The quantitative estimate of drug-likeness (QED) is 0.0956. The SMILES string of the molecule is Fc1ccc2cc(-c3nc(-c4ccc(-n5c6ccccc6c6ccc(-c7ccc8c(c7)c7ccccc7n8-c7ccccc7)cc65)cc4)nc4c3ccc3ccc(-c5ccc6c7c(-c8cccc9c8c8ccccc8n9-c8ccc(-c9nc(-c%10cc(C(F)(F)F)cc(C(F)(F)F)c%10)c%10ccc%11ccccc%11c%10n9)cc8)cccc7n(-c7ccccc7)c6c5)cc34)ccc2c1. The lowest BCUT2D eigenvalue weighted by molar-refractivity contribution is -0.143. The van der Waals surface area contributed by atoms with Crippen LogP contribution in [0.2, 0.25) is 0 Å². The summed E-state index contributed by atoms with van der Waals surface area (Å²) in [5, 5.41) is 15.0. The van der Waals surface area contributed by atoms with Crippen molar-refractivity contribution in [3.05, 3.63) is 411 Å². The van der Waals surface area contributed by atoms with Gasteiger partial charge in [-0.05, 0) is 237 Å². The third kappa shape index (κ3) is 12.1. The zero-order chi connectivity index (χ0) is 86.2. The van der Waals surface area contributed by atoms with Crippen LogP contribution in [-0.4, -0.2) is 38.2 Å². The largest absolute Gasteiger partial charge is 0.416 e. The lowest BCUT2D eigenvalue weighted by Gasteiger charge is -2.16. The molecule has 6 aromatic heterocycles. The molecule has 19 aromatic carbocycles. The normalized spacial score (nSPS) is 12.3. The Labute approximate surface area is 730 Å². The third-order valence-electron chi connectivity index (χ3n) is 25.8. The average molecular weight is 1680 g/mol. The first-order valence-corrected chi connectivity index (χ1v) is 42.5. The number of hydrogen-bond donors (Lipinski definition) is 0. The van der Waals surface area contributed by atoms with E-state index < -0.39 is 23.5 Å². The van der Waals surface area contributed by atoms with E-state index in [2.05, 4.69) is 285 Å². The van der Waals surface area contributed by atoms with Gasteiger partial charge >= 0.3 is 12.4 Å². The second-order valence-corrected chi connectivity index (χ2v) is 33.1. The maximum atomic E-state index is 14.9. The molecule has 0 saturated heterocycles. The molecule has 15 heteroatoms. The summed E-state index contributed by atoms with van der Waals surface area (Å²) in [6, 6.07) is 130. The number of fused-ring (bicyclic) bond motifs is 19. The predicted molar refractivity (Wildman–Crippen MR) is 511 cm³/mol. The summed E-state index contributed by atoms with van der Waals surface area (Å²) in [6.45, 7) is 0. The summed E-state index contributed by atoms with van der Waals surface area (Å²) in [6.07, 6.45) is -10.2. The predicted octanol–water partition coefficient (Wildman–Crippen LogP) is 31.3. The van der Waals surface area contributed by atoms with E-state index in [9.17, 15) is 30.7 Å². The van der Waals surface area contributed by atoms with Crippen molar-refractivity contribution in [2.45, 2.75) is 12.4 Å². The minimum absolute atomic E-state index is 0.0692. The minimum Gasteiger partial charge on any atom is -0.309 e. The van der Waals surface area contributed by atoms with Crippen molar-refractivity contribution in [2.24, 2.45) is 0 Å². The van der Waals surface area contributed by atoms with Gasteiger partial charge in [0.1, 0.15) is 5.82 Å². The van der Waals surface area contributed by atoms with Gasteiger partial charge in [0.05, 0.1) is 77.7 Å². The summed E-state index contributed by atoms with van der Waals surface area (Å²) >= 11 is 0. The molecule has 129 heavy (non-hydrogen) atoms. The monoisotopic (exact) mass is 1680 g/mol. The van der Waals surface area contributed by atoms with E-state index in [4.69, 9.17) is 19.9 Å². The van der Waals surface area contributed by atoms with Crippen LogP contribution in [0.3, 0.4) is 0 Å². The lowest BCUT2D eigenvalue weighted by Crippen LogP contribution is -2.11. The van der Waals surface area contributed by atoms with Crippen LogP contribution in [0.15, 0.2) is 394 Å². The molecule has 610 valence electrons. The van der Waals surface area contributed by atoms with Gasteiger partial charge in [-0.1, -0.05) is 212 Å². The highest BCUT2D eigenvalue weighted by Crippen LogP contribution is 2.49. The van der Waals surface area contributed by atoms with Crippen molar-refractivity contribution < 1.29 is 30.7 Å². The number of benzene rings is 19. The van der Waals surface area contributed by atoms with Gasteiger partial charge in [0.25, 0.3) is 0 Å². The van der Waals surface area contributed by atoms with Crippen LogP contribution in [0, 0.1) is 5.82 Å². The Morgan fingerprint density at radius 1 is 0.202 bits per heavy atom. The molecule has 0 aliphatic carbocycles. The molecule has 25 rings (SSSR count). The molecule has 0 radical (unpaired) electrons. The Bertz CT molecular complexity index is 9010. The van der Waals surface area contributed by atoms with Crippen molar-refractivity contribution in [1.29, 1.82) is 0 Å². The number of halogens is 7. The highest BCUT2D eigenvalue weighted by molar-refractivity contribution is 6.23. The Morgan fingerprint density at radius 3 is 1.16 bits per heavy atom. The van der Waals surface area contributed by atoms with E-state index in [1.807, 2.05) is 84.9 Å². The third-order valence-corrected chi connectivity index (χ3v) is 25.8. The van der Waals surface area contributed by atoms with E-state index >= 15 is 0 Å². The molecule has 0 amide bonds. The molecule has 0 bridgehead atoms. The van der Waals surface area contributed by atoms with Gasteiger partial charge in [-0.2, -0.15) is 26.3 Å². The smallest absolute Gasteiger partial charge is 0.309 e. The van der Waals surface area contributed by atoms with Crippen LogP contribution in [0.1, 0.15) is 11.1 Å². The molecule has 0 N–H and O–H groups in total. The van der Waals surface area contributed by atoms with Crippen LogP contribution in [0.5, 0.6) is 0 Å².